The molecule has 3 rings (SSSR count). The van der Waals surface area contributed by atoms with Crippen molar-refractivity contribution in [3.8, 4) is 0 Å². The Morgan fingerprint density at radius 2 is 1.89 bits per heavy atom. The van der Waals surface area contributed by atoms with E-state index >= 15 is 0 Å². The smallest absolute Gasteiger partial charge is 0.262 e. The first kappa shape index (κ1) is 22.2. The normalized spacial score (nSPS) is 16.7. The predicted octanol–water partition coefficient (Wildman–Crippen LogP) is 3.01. The zero-order chi connectivity index (χ0) is 19.4. The topological polar surface area (TPSA) is 87.3 Å². The van der Waals surface area contributed by atoms with E-state index in [2.05, 4.69) is 15.4 Å². The summed E-state index contributed by atoms with van der Waals surface area (Å²) in [6.07, 6.45) is 1.92. The van der Waals surface area contributed by atoms with Gasteiger partial charge in [0.05, 0.1) is 16.1 Å². The van der Waals surface area contributed by atoms with Crippen molar-refractivity contribution < 1.29 is 13.2 Å². The molecule has 6 nitrogen and oxygen atoms in total. The van der Waals surface area contributed by atoms with Crippen LogP contribution < -0.4 is 15.4 Å². The van der Waals surface area contributed by atoms with E-state index in [4.69, 9.17) is 0 Å². The maximum atomic E-state index is 12.9. The van der Waals surface area contributed by atoms with E-state index in [1.807, 2.05) is 13.0 Å². The highest BCUT2D eigenvalue weighted by Gasteiger charge is 2.22. The lowest BCUT2D eigenvalue weighted by Gasteiger charge is -2.24. The third-order valence-corrected chi connectivity index (χ3v) is 6.19. The van der Waals surface area contributed by atoms with Crippen LogP contribution in [0.5, 0.6) is 0 Å². The summed E-state index contributed by atoms with van der Waals surface area (Å²) in [5.41, 5.74) is 2.11. The molecule has 2 aromatic rings. The maximum Gasteiger partial charge on any atom is 0.262 e. The molecule has 3 N–H and O–H groups in total. The minimum atomic E-state index is -3.80. The van der Waals surface area contributed by atoms with Crippen LogP contribution in [0.25, 0.3) is 0 Å². The number of amides is 1. The zero-order valence-electron chi connectivity index (χ0n) is 16.0. The average Bonchev–Trinajstić information content (AvgIpc) is 2.64. The second-order valence-electron chi connectivity index (χ2n) is 6.94. The summed E-state index contributed by atoms with van der Waals surface area (Å²) in [7, 11) is -3.80. The van der Waals surface area contributed by atoms with Crippen molar-refractivity contribution in [2.24, 2.45) is 0 Å². The van der Waals surface area contributed by atoms with E-state index in [0.717, 1.165) is 31.5 Å². The van der Waals surface area contributed by atoms with Gasteiger partial charge in [0, 0.05) is 12.6 Å². The average molecular weight is 424 g/mol. The van der Waals surface area contributed by atoms with Crippen LogP contribution in [0.2, 0.25) is 0 Å². The first-order valence-corrected chi connectivity index (χ1v) is 10.6. The number of halogens is 1. The molecule has 1 aliphatic rings. The summed E-state index contributed by atoms with van der Waals surface area (Å²) in [5.74, 6) is -0.275. The van der Waals surface area contributed by atoms with Gasteiger partial charge in [0.2, 0.25) is 0 Å². The summed E-state index contributed by atoms with van der Waals surface area (Å²) in [6, 6.07) is 12.0. The van der Waals surface area contributed by atoms with Crippen LogP contribution in [-0.2, 0) is 10.0 Å². The van der Waals surface area contributed by atoms with Gasteiger partial charge in [-0.1, -0.05) is 24.3 Å². The third-order valence-electron chi connectivity index (χ3n) is 4.68. The Kier molecular flexibility index (Phi) is 7.46. The summed E-state index contributed by atoms with van der Waals surface area (Å²) in [6.45, 7) is 5.28. The summed E-state index contributed by atoms with van der Waals surface area (Å²) < 4.78 is 28.4. The van der Waals surface area contributed by atoms with E-state index < -0.39 is 10.0 Å². The van der Waals surface area contributed by atoms with Crippen molar-refractivity contribution in [1.29, 1.82) is 0 Å². The number of hydrogen-bond donors (Lipinski definition) is 3. The molecule has 28 heavy (non-hydrogen) atoms. The maximum absolute atomic E-state index is 12.9. The van der Waals surface area contributed by atoms with Crippen molar-refractivity contribution in [2.75, 3.05) is 17.8 Å². The lowest BCUT2D eigenvalue weighted by atomic mass is 10.1. The van der Waals surface area contributed by atoms with E-state index in [0.29, 0.717) is 11.1 Å². The second-order valence-corrected chi connectivity index (χ2v) is 8.59. The lowest BCUT2D eigenvalue weighted by molar-refractivity contribution is 0.0931. The van der Waals surface area contributed by atoms with Crippen molar-refractivity contribution in [3.05, 3.63) is 59.2 Å². The number of sulfonamides is 1. The molecular weight excluding hydrogens is 398 g/mol. The molecule has 0 bridgehead atoms. The minimum absolute atomic E-state index is 0. The fourth-order valence-electron chi connectivity index (χ4n) is 3.20. The number of hydrogen-bond acceptors (Lipinski definition) is 4. The Morgan fingerprint density at radius 3 is 2.61 bits per heavy atom. The Morgan fingerprint density at radius 1 is 1.14 bits per heavy atom. The molecule has 1 saturated heterocycles. The van der Waals surface area contributed by atoms with Gasteiger partial charge in [-0.2, -0.15) is 0 Å². The monoisotopic (exact) mass is 423 g/mol. The molecule has 0 saturated carbocycles. The van der Waals surface area contributed by atoms with Crippen LogP contribution in [0.4, 0.5) is 5.69 Å². The fourth-order valence-corrected chi connectivity index (χ4v) is 4.62. The second kappa shape index (κ2) is 9.41. The first-order valence-electron chi connectivity index (χ1n) is 9.07. The van der Waals surface area contributed by atoms with Gasteiger partial charge in [-0.15, -0.1) is 12.4 Å². The molecule has 1 amide bonds. The van der Waals surface area contributed by atoms with Gasteiger partial charge in [0.1, 0.15) is 0 Å². The van der Waals surface area contributed by atoms with Crippen LogP contribution in [-0.4, -0.2) is 33.5 Å². The Hall–Kier alpha value is -2.09. The molecule has 2 aromatic carbocycles. The summed E-state index contributed by atoms with van der Waals surface area (Å²) in [5, 5.41) is 6.24. The molecule has 1 fully saturated rings. The van der Waals surface area contributed by atoms with Crippen molar-refractivity contribution in [1.82, 2.24) is 10.6 Å². The molecular formula is C20H26ClN3O3S. The van der Waals surface area contributed by atoms with Crippen molar-refractivity contribution in [2.45, 2.75) is 37.6 Å². The van der Waals surface area contributed by atoms with Crippen LogP contribution >= 0.6 is 12.4 Å². The van der Waals surface area contributed by atoms with Gasteiger partial charge >= 0.3 is 0 Å². The highest BCUT2D eigenvalue weighted by Crippen LogP contribution is 2.23. The van der Waals surface area contributed by atoms with Crippen LogP contribution in [0, 0.1) is 13.8 Å². The quantitative estimate of drug-likeness (QED) is 0.689. The number of piperidine rings is 1. The third kappa shape index (κ3) is 5.25. The number of nitrogens with one attached hydrogen (secondary N) is 3. The molecule has 1 heterocycles. The highest BCUT2D eigenvalue weighted by atomic mass is 35.5. The molecule has 0 spiro atoms. The van der Waals surface area contributed by atoms with Gasteiger partial charge in [-0.05, 0) is 62.6 Å². The van der Waals surface area contributed by atoms with E-state index in [1.54, 1.807) is 43.3 Å². The van der Waals surface area contributed by atoms with E-state index in [9.17, 15) is 13.2 Å². The SMILES string of the molecule is Cc1ccc(C)c(S(=O)(=O)Nc2ccccc2C(=O)N[C@H]2CCCNC2)c1.Cl. The number of anilines is 1. The zero-order valence-corrected chi connectivity index (χ0v) is 17.6. The first-order chi connectivity index (χ1) is 12.9. The molecule has 1 atom stereocenters. The Balaban J connectivity index is 0.00000280. The minimum Gasteiger partial charge on any atom is -0.348 e. The summed E-state index contributed by atoms with van der Waals surface area (Å²) >= 11 is 0. The van der Waals surface area contributed by atoms with Gasteiger partial charge in [-0.3, -0.25) is 9.52 Å². The number of carbonyl (C=O) groups is 1. The summed E-state index contributed by atoms with van der Waals surface area (Å²) in [4.78, 5) is 12.9. The molecule has 0 aliphatic carbocycles. The largest absolute Gasteiger partial charge is 0.348 e. The number of benzene rings is 2. The number of rotatable bonds is 5. The molecule has 0 unspecified atom stereocenters. The molecule has 1 aliphatic heterocycles. The number of aryl methyl sites for hydroxylation is 2. The molecule has 8 heteroatoms. The number of carbonyl (C=O) groups excluding carboxylic acids is 1. The van der Waals surface area contributed by atoms with E-state index in [-0.39, 0.29) is 34.9 Å². The molecule has 152 valence electrons. The van der Waals surface area contributed by atoms with Crippen molar-refractivity contribution in [3.63, 3.8) is 0 Å². The van der Waals surface area contributed by atoms with E-state index in [1.165, 1.54) is 0 Å². The van der Waals surface area contributed by atoms with Gasteiger partial charge in [0.25, 0.3) is 15.9 Å². The number of para-hydroxylation sites is 1. The Bertz CT molecular complexity index is 941. The lowest BCUT2D eigenvalue weighted by Crippen LogP contribution is -2.45. The van der Waals surface area contributed by atoms with Gasteiger partial charge in [-0.25, -0.2) is 8.42 Å². The van der Waals surface area contributed by atoms with Gasteiger partial charge in [0.15, 0.2) is 0 Å². The highest BCUT2D eigenvalue weighted by molar-refractivity contribution is 7.92. The van der Waals surface area contributed by atoms with Crippen LogP contribution in [0.3, 0.4) is 0 Å². The molecule has 0 radical (unpaired) electrons. The fraction of sp³-hybridized carbons (Fsp3) is 0.350. The van der Waals surface area contributed by atoms with Crippen molar-refractivity contribution >= 4 is 34.0 Å². The van der Waals surface area contributed by atoms with Gasteiger partial charge < -0.3 is 10.6 Å². The van der Waals surface area contributed by atoms with Crippen LogP contribution in [0.1, 0.15) is 34.3 Å². The standard InChI is InChI=1S/C20H25N3O3S.ClH/c1-14-9-10-15(2)19(12-14)27(25,26)23-18-8-4-3-7-17(18)20(24)22-16-6-5-11-21-13-16;/h3-4,7-10,12,16,21,23H,5-6,11,13H2,1-2H3,(H,22,24);1H/t16-;/m0./s1. The molecule has 0 aromatic heterocycles. The Labute approximate surface area is 172 Å². The van der Waals surface area contributed by atoms with Crippen LogP contribution in [0.15, 0.2) is 47.4 Å². The predicted molar refractivity (Wildman–Crippen MR) is 114 cm³/mol.